The van der Waals surface area contributed by atoms with Gasteiger partial charge in [0, 0.05) is 5.69 Å². The van der Waals surface area contributed by atoms with E-state index in [-0.39, 0.29) is 26.3 Å². The second-order valence-electron chi connectivity index (χ2n) is 8.05. The number of hydrogen-bond donors (Lipinski definition) is 1. The number of halogens is 6. The summed E-state index contributed by atoms with van der Waals surface area (Å²) in [6.45, 7) is -0.503. The van der Waals surface area contributed by atoms with Gasteiger partial charge >= 0.3 is 12.4 Å². The zero-order valence-electron chi connectivity index (χ0n) is 19.5. The first-order chi connectivity index (χ1) is 18.3. The predicted octanol–water partition coefficient (Wildman–Crippen LogP) is 7.15. The number of carbonyl (C=O) groups is 2. The van der Waals surface area contributed by atoms with E-state index in [2.05, 4.69) is 5.32 Å². The van der Waals surface area contributed by atoms with Crippen LogP contribution in [-0.4, -0.2) is 22.7 Å². The highest BCUT2D eigenvalue weighted by molar-refractivity contribution is 8.27. The second kappa shape index (κ2) is 11.1. The predicted molar refractivity (Wildman–Crippen MR) is 139 cm³/mol. The van der Waals surface area contributed by atoms with E-state index in [9.17, 15) is 35.9 Å². The smallest absolute Gasteiger partial charge is 0.416 e. The van der Waals surface area contributed by atoms with Crippen molar-refractivity contribution in [3.8, 4) is 5.75 Å². The van der Waals surface area contributed by atoms with Gasteiger partial charge in [-0.05, 0) is 60.2 Å². The van der Waals surface area contributed by atoms with Gasteiger partial charge in [0.1, 0.15) is 5.75 Å². The fourth-order valence-electron chi connectivity index (χ4n) is 3.48. The molecule has 0 unspecified atom stereocenters. The van der Waals surface area contributed by atoms with Gasteiger partial charge in [-0.1, -0.05) is 48.2 Å². The minimum absolute atomic E-state index is 0.0143. The molecular weight excluding hydrogens is 566 g/mol. The molecule has 39 heavy (non-hydrogen) atoms. The average Bonchev–Trinajstić information content (AvgIpc) is 3.14. The topological polar surface area (TPSA) is 58.6 Å². The van der Waals surface area contributed by atoms with E-state index in [0.29, 0.717) is 5.56 Å². The van der Waals surface area contributed by atoms with Crippen LogP contribution in [0.3, 0.4) is 0 Å². The number of thiocarbonyl (C=S) groups is 1. The van der Waals surface area contributed by atoms with E-state index in [1.807, 2.05) is 0 Å². The van der Waals surface area contributed by atoms with Crippen molar-refractivity contribution in [2.45, 2.75) is 12.4 Å². The quantitative estimate of drug-likeness (QED) is 0.190. The minimum Gasteiger partial charge on any atom is -0.484 e. The normalized spacial score (nSPS) is 15.1. The van der Waals surface area contributed by atoms with Crippen LogP contribution in [0.1, 0.15) is 16.7 Å². The second-order valence-corrected chi connectivity index (χ2v) is 9.73. The molecule has 1 fully saturated rings. The van der Waals surface area contributed by atoms with Gasteiger partial charge in [-0.3, -0.25) is 14.5 Å². The summed E-state index contributed by atoms with van der Waals surface area (Å²) < 4.78 is 83.4. The third kappa shape index (κ3) is 6.98. The molecule has 2 amide bonds. The molecule has 1 N–H and O–H groups in total. The Morgan fingerprint density at radius 1 is 0.923 bits per heavy atom. The Bertz CT molecular complexity index is 1470. The summed E-state index contributed by atoms with van der Waals surface area (Å²) in [5.74, 6) is -1.06. The van der Waals surface area contributed by atoms with Gasteiger partial charge in [-0.25, -0.2) is 0 Å². The minimum atomic E-state index is -4.59. The Kier molecular flexibility index (Phi) is 8.02. The van der Waals surface area contributed by atoms with Crippen molar-refractivity contribution >= 4 is 57.6 Å². The highest BCUT2D eigenvalue weighted by atomic mass is 32.2. The monoisotopic (exact) mass is 582 g/mol. The van der Waals surface area contributed by atoms with Crippen molar-refractivity contribution in [2.24, 2.45) is 0 Å². The number of nitrogens with zero attached hydrogens (tertiary/aromatic N) is 1. The number of carbonyl (C=O) groups excluding carboxylic acids is 2. The van der Waals surface area contributed by atoms with Crippen molar-refractivity contribution in [3.63, 3.8) is 0 Å². The van der Waals surface area contributed by atoms with Crippen LogP contribution in [0.5, 0.6) is 5.75 Å². The molecule has 0 aliphatic carbocycles. The van der Waals surface area contributed by atoms with E-state index >= 15 is 0 Å². The average molecular weight is 583 g/mol. The molecule has 1 saturated heterocycles. The molecule has 0 bridgehead atoms. The van der Waals surface area contributed by atoms with E-state index in [0.717, 1.165) is 40.9 Å². The summed E-state index contributed by atoms with van der Waals surface area (Å²) in [6, 6.07) is 14.7. The summed E-state index contributed by atoms with van der Waals surface area (Å²) in [7, 11) is 0. The first-order valence-corrected chi connectivity index (χ1v) is 12.2. The largest absolute Gasteiger partial charge is 0.484 e. The van der Waals surface area contributed by atoms with Crippen molar-refractivity contribution in [1.82, 2.24) is 0 Å². The van der Waals surface area contributed by atoms with Gasteiger partial charge in [-0.2, -0.15) is 26.3 Å². The van der Waals surface area contributed by atoms with E-state index in [4.69, 9.17) is 17.0 Å². The molecule has 0 radical (unpaired) electrons. The fraction of sp³-hybridized carbons (Fsp3) is 0.115. The van der Waals surface area contributed by atoms with Crippen LogP contribution < -0.4 is 15.0 Å². The molecule has 4 rings (SSSR count). The maximum Gasteiger partial charge on any atom is 0.416 e. The van der Waals surface area contributed by atoms with Gasteiger partial charge < -0.3 is 10.1 Å². The SMILES string of the molecule is O=C(COc1cccc(/C=C2\SC(=S)N(c3cccc(C(F)(F)F)c3)C2=O)c1)Nc1cccc(C(F)(F)F)c1. The Morgan fingerprint density at radius 3 is 2.26 bits per heavy atom. The van der Waals surface area contributed by atoms with Crippen LogP contribution in [0.15, 0.2) is 77.7 Å². The summed E-state index contributed by atoms with van der Waals surface area (Å²) in [4.78, 5) is 26.3. The number of alkyl halides is 6. The molecular formula is C26H16F6N2O3S2. The molecule has 5 nitrogen and oxygen atoms in total. The Labute approximate surface area is 227 Å². The van der Waals surface area contributed by atoms with Crippen molar-refractivity contribution in [1.29, 1.82) is 0 Å². The summed E-state index contributed by atoms with van der Waals surface area (Å²) in [5, 5.41) is 2.33. The molecule has 3 aromatic carbocycles. The lowest BCUT2D eigenvalue weighted by atomic mass is 10.1. The van der Waals surface area contributed by atoms with Crippen molar-refractivity contribution in [3.05, 3.63) is 94.4 Å². The number of rotatable bonds is 6. The number of amides is 2. The maximum absolute atomic E-state index is 13.1. The first-order valence-electron chi connectivity index (χ1n) is 11.0. The van der Waals surface area contributed by atoms with E-state index in [1.165, 1.54) is 42.5 Å². The van der Waals surface area contributed by atoms with Crippen molar-refractivity contribution in [2.75, 3.05) is 16.8 Å². The Hall–Kier alpha value is -3.84. The Morgan fingerprint density at radius 2 is 1.56 bits per heavy atom. The molecule has 0 atom stereocenters. The first kappa shape index (κ1) is 28.2. The van der Waals surface area contributed by atoms with Crippen LogP contribution in [0, 0.1) is 0 Å². The summed E-state index contributed by atoms with van der Waals surface area (Å²) in [6.07, 6.45) is -7.67. The van der Waals surface area contributed by atoms with Gasteiger partial charge in [0.2, 0.25) is 0 Å². The molecule has 13 heteroatoms. The third-order valence-electron chi connectivity index (χ3n) is 5.22. The third-order valence-corrected chi connectivity index (χ3v) is 6.53. The number of nitrogens with one attached hydrogen (secondary N) is 1. The zero-order valence-corrected chi connectivity index (χ0v) is 21.1. The van der Waals surface area contributed by atoms with E-state index < -0.39 is 41.9 Å². The maximum atomic E-state index is 13.1. The lowest BCUT2D eigenvalue weighted by molar-refractivity contribution is -0.138. The summed E-state index contributed by atoms with van der Waals surface area (Å²) in [5.41, 5.74) is -1.41. The van der Waals surface area contributed by atoms with Crippen LogP contribution in [0.2, 0.25) is 0 Å². The molecule has 3 aromatic rings. The summed E-state index contributed by atoms with van der Waals surface area (Å²) >= 11 is 6.14. The highest BCUT2D eigenvalue weighted by Gasteiger charge is 2.36. The standard InChI is InChI=1S/C26H16F6N2O3S2/c27-25(28,29)16-5-2-7-18(12-16)33-22(35)14-37-20-9-1-4-15(10-20)11-21-23(36)34(24(38)39-21)19-8-3-6-17(13-19)26(30,31)32/h1-13H,14H2,(H,33,35)/b21-11-. The number of benzene rings is 3. The Balaban J connectivity index is 1.43. The van der Waals surface area contributed by atoms with E-state index in [1.54, 1.807) is 12.1 Å². The lowest BCUT2D eigenvalue weighted by Gasteiger charge is -2.16. The zero-order chi connectivity index (χ0) is 28.4. The van der Waals surface area contributed by atoms with Gasteiger partial charge in [0.05, 0.1) is 21.7 Å². The van der Waals surface area contributed by atoms with Gasteiger partial charge in [0.15, 0.2) is 10.9 Å². The molecule has 1 aliphatic heterocycles. The molecule has 0 aromatic heterocycles. The molecule has 1 aliphatic rings. The fourth-order valence-corrected chi connectivity index (χ4v) is 4.78. The van der Waals surface area contributed by atoms with Crippen molar-refractivity contribution < 1.29 is 40.7 Å². The lowest BCUT2D eigenvalue weighted by Crippen LogP contribution is -2.27. The molecule has 0 saturated carbocycles. The van der Waals surface area contributed by atoms with Gasteiger partial charge in [-0.15, -0.1) is 0 Å². The van der Waals surface area contributed by atoms with Crippen LogP contribution in [0.4, 0.5) is 37.7 Å². The number of ether oxygens (including phenoxy) is 1. The van der Waals surface area contributed by atoms with Gasteiger partial charge in [0.25, 0.3) is 11.8 Å². The van der Waals surface area contributed by atoms with Crippen LogP contribution in [0.25, 0.3) is 6.08 Å². The molecule has 202 valence electrons. The molecule has 0 spiro atoms. The number of hydrogen-bond acceptors (Lipinski definition) is 5. The number of thioether (sulfide) groups is 1. The molecule has 1 heterocycles. The van der Waals surface area contributed by atoms with Crippen LogP contribution >= 0.6 is 24.0 Å². The van der Waals surface area contributed by atoms with Crippen LogP contribution in [-0.2, 0) is 21.9 Å². The highest BCUT2D eigenvalue weighted by Crippen LogP contribution is 2.38. The number of anilines is 2.